The van der Waals surface area contributed by atoms with Gasteiger partial charge in [0.25, 0.3) is 0 Å². The van der Waals surface area contributed by atoms with Crippen LogP contribution in [-0.4, -0.2) is 40.0 Å². The quantitative estimate of drug-likeness (QED) is 0.932. The molecule has 4 unspecified atom stereocenters. The highest BCUT2D eigenvalue weighted by molar-refractivity contribution is 5.38. The number of anilines is 1. The van der Waals surface area contributed by atoms with E-state index in [9.17, 15) is 13.2 Å². The Morgan fingerprint density at radius 3 is 2.62 bits per heavy atom. The molecule has 0 amide bonds. The maximum Gasteiger partial charge on any atom is 0.434 e. The van der Waals surface area contributed by atoms with E-state index in [0.29, 0.717) is 23.3 Å². The Labute approximate surface area is 121 Å². The molecule has 21 heavy (non-hydrogen) atoms. The molecule has 2 heterocycles. The molecule has 1 aliphatic carbocycles. The molecule has 1 aromatic heterocycles. The Morgan fingerprint density at radius 1 is 1.38 bits per heavy atom. The maximum atomic E-state index is 12.4. The zero-order valence-corrected chi connectivity index (χ0v) is 12.3. The molecule has 7 heteroatoms. The molecule has 1 aromatic rings. The van der Waals surface area contributed by atoms with Crippen molar-refractivity contribution in [1.82, 2.24) is 14.9 Å². The molecule has 0 spiro atoms. The highest BCUT2D eigenvalue weighted by Gasteiger charge is 2.66. The lowest BCUT2D eigenvalue weighted by atomic mass is 9.49. The second-order valence-corrected chi connectivity index (χ2v) is 6.11. The van der Waals surface area contributed by atoms with Crippen LogP contribution in [0.1, 0.15) is 32.4 Å². The predicted molar refractivity (Wildman–Crippen MR) is 72.8 cm³/mol. The van der Waals surface area contributed by atoms with E-state index < -0.39 is 11.9 Å². The van der Waals surface area contributed by atoms with E-state index in [1.54, 1.807) is 0 Å². The van der Waals surface area contributed by atoms with Crippen LogP contribution in [0.25, 0.3) is 0 Å². The van der Waals surface area contributed by atoms with Gasteiger partial charge < -0.3 is 5.32 Å². The molecular formula is C14H19F3N4. The SMILES string of the molecule is CCC12CC(Nc3cnc(C(F)(F)F)cn3)C1N(C)C2C. The zero-order chi connectivity index (χ0) is 15.4. The Morgan fingerprint density at radius 2 is 2.10 bits per heavy atom. The van der Waals surface area contributed by atoms with Gasteiger partial charge in [0.2, 0.25) is 0 Å². The van der Waals surface area contributed by atoms with Gasteiger partial charge in [-0.15, -0.1) is 0 Å². The van der Waals surface area contributed by atoms with Crippen molar-refractivity contribution in [1.29, 1.82) is 0 Å². The summed E-state index contributed by atoms with van der Waals surface area (Å²) in [6.07, 6.45) is -0.344. The number of rotatable bonds is 3. The summed E-state index contributed by atoms with van der Waals surface area (Å²) in [6.45, 7) is 4.43. The van der Waals surface area contributed by atoms with Gasteiger partial charge in [-0.25, -0.2) is 9.97 Å². The van der Waals surface area contributed by atoms with Gasteiger partial charge in [-0.1, -0.05) is 6.92 Å². The summed E-state index contributed by atoms with van der Waals surface area (Å²) >= 11 is 0. The lowest BCUT2D eigenvalue weighted by molar-refractivity contribution is -0.195. The average Bonchev–Trinajstić information content (AvgIpc) is 2.41. The van der Waals surface area contributed by atoms with Gasteiger partial charge in [-0.05, 0) is 26.8 Å². The van der Waals surface area contributed by atoms with E-state index in [1.165, 1.54) is 0 Å². The fourth-order valence-corrected chi connectivity index (χ4v) is 4.07. The summed E-state index contributed by atoms with van der Waals surface area (Å²) in [5.41, 5.74) is -0.606. The maximum absolute atomic E-state index is 12.4. The Kier molecular flexibility index (Phi) is 3.16. The lowest BCUT2D eigenvalue weighted by Gasteiger charge is -2.72. The van der Waals surface area contributed by atoms with Crippen LogP contribution in [-0.2, 0) is 6.18 Å². The standard InChI is InChI=1S/C14H19F3N4/c1-4-13-5-9(12(13)21(3)8(13)2)20-11-7-18-10(6-19-11)14(15,16)17/h6-9,12H,4-5H2,1-3H3,(H,19,20). The number of halogens is 3. The van der Waals surface area contributed by atoms with Crippen molar-refractivity contribution in [3.05, 3.63) is 18.1 Å². The first-order valence-corrected chi connectivity index (χ1v) is 7.17. The Hall–Kier alpha value is -1.37. The van der Waals surface area contributed by atoms with Crippen LogP contribution in [0.3, 0.4) is 0 Å². The average molecular weight is 300 g/mol. The minimum atomic E-state index is -4.44. The van der Waals surface area contributed by atoms with E-state index in [-0.39, 0.29) is 6.04 Å². The van der Waals surface area contributed by atoms with Gasteiger partial charge in [0.15, 0.2) is 5.69 Å². The molecule has 0 radical (unpaired) electrons. The molecule has 2 fully saturated rings. The number of nitrogens with one attached hydrogen (secondary N) is 1. The smallest absolute Gasteiger partial charge is 0.364 e. The third kappa shape index (κ3) is 2.01. The molecule has 0 aromatic carbocycles. The molecule has 4 nitrogen and oxygen atoms in total. The van der Waals surface area contributed by atoms with Crippen molar-refractivity contribution in [2.45, 2.75) is 51.0 Å². The summed E-state index contributed by atoms with van der Waals surface area (Å²) in [7, 11) is 2.09. The number of piperidine rings is 1. The fraction of sp³-hybridized carbons (Fsp3) is 0.714. The van der Waals surface area contributed by atoms with Crippen LogP contribution in [0.5, 0.6) is 0 Å². The van der Waals surface area contributed by atoms with Gasteiger partial charge in [0.1, 0.15) is 5.82 Å². The largest absolute Gasteiger partial charge is 0.434 e. The van der Waals surface area contributed by atoms with Crippen LogP contribution in [0.15, 0.2) is 12.4 Å². The van der Waals surface area contributed by atoms with Crippen molar-refractivity contribution in [2.24, 2.45) is 5.41 Å². The van der Waals surface area contributed by atoms with Gasteiger partial charge >= 0.3 is 6.18 Å². The number of likely N-dealkylation sites (tertiary alicyclic amines) is 1. The van der Waals surface area contributed by atoms with Crippen LogP contribution in [0.4, 0.5) is 19.0 Å². The number of likely N-dealkylation sites (N-methyl/N-ethyl adjacent to an activating group) is 1. The number of alkyl halides is 3. The summed E-state index contributed by atoms with van der Waals surface area (Å²) in [5, 5.41) is 3.22. The molecule has 1 saturated carbocycles. The zero-order valence-electron chi connectivity index (χ0n) is 12.3. The van der Waals surface area contributed by atoms with Crippen molar-refractivity contribution in [2.75, 3.05) is 12.4 Å². The predicted octanol–water partition coefficient (Wildman–Crippen LogP) is 2.78. The van der Waals surface area contributed by atoms with Gasteiger partial charge in [-0.2, -0.15) is 13.2 Å². The topological polar surface area (TPSA) is 41.1 Å². The lowest BCUT2D eigenvalue weighted by Crippen LogP contribution is -2.81. The molecule has 1 N–H and O–H groups in total. The molecule has 1 saturated heterocycles. The molecule has 1 aliphatic heterocycles. The molecule has 3 rings (SSSR count). The van der Waals surface area contributed by atoms with Crippen LogP contribution in [0.2, 0.25) is 0 Å². The van der Waals surface area contributed by atoms with Gasteiger partial charge in [0.05, 0.1) is 12.4 Å². The monoisotopic (exact) mass is 300 g/mol. The van der Waals surface area contributed by atoms with Gasteiger partial charge in [-0.3, -0.25) is 4.90 Å². The second kappa shape index (κ2) is 4.56. The summed E-state index contributed by atoms with van der Waals surface area (Å²) < 4.78 is 37.3. The highest BCUT2D eigenvalue weighted by Crippen LogP contribution is 2.59. The minimum absolute atomic E-state index is 0.234. The van der Waals surface area contributed by atoms with Crippen LogP contribution >= 0.6 is 0 Å². The molecule has 0 bridgehead atoms. The molecule has 4 atom stereocenters. The van der Waals surface area contributed by atoms with Crippen LogP contribution < -0.4 is 5.32 Å². The number of nitrogens with zero attached hydrogens (tertiary/aromatic N) is 3. The summed E-state index contributed by atoms with van der Waals surface area (Å²) in [4.78, 5) is 9.58. The van der Waals surface area contributed by atoms with E-state index in [1.807, 2.05) is 0 Å². The normalized spacial score (nSPS) is 35.6. The number of hydrogen-bond donors (Lipinski definition) is 1. The molecular weight excluding hydrogens is 281 g/mol. The highest BCUT2D eigenvalue weighted by atomic mass is 19.4. The van der Waals surface area contributed by atoms with Crippen LogP contribution in [0, 0.1) is 5.41 Å². The van der Waals surface area contributed by atoms with Crippen molar-refractivity contribution >= 4 is 5.82 Å². The van der Waals surface area contributed by atoms with Crippen molar-refractivity contribution < 1.29 is 13.2 Å². The third-order valence-corrected chi connectivity index (χ3v) is 5.39. The third-order valence-electron chi connectivity index (χ3n) is 5.39. The van der Waals surface area contributed by atoms with Gasteiger partial charge in [0, 0.05) is 23.5 Å². The van der Waals surface area contributed by atoms with Crippen molar-refractivity contribution in [3.63, 3.8) is 0 Å². The first kappa shape index (κ1) is 14.6. The van der Waals surface area contributed by atoms with E-state index in [2.05, 4.69) is 41.1 Å². The Bertz CT molecular complexity index is 530. The minimum Gasteiger partial charge on any atom is -0.364 e. The fourth-order valence-electron chi connectivity index (χ4n) is 4.07. The van der Waals surface area contributed by atoms with E-state index in [0.717, 1.165) is 25.2 Å². The molecule has 2 aliphatic rings. The summed E-state index contributed by atoms with van der Waals surface area (Å²) in [6, 6.07) is 1.23. The van der Waals surface area contributed by atoms with E-state index in [4.69, 9.17) is 0 Å². The summed E-state index contributed by atoms with van der Waals surface area (Å²) in [5.74, 6) is 0.408. The Balaban J connectivity index is 1.67. The first-order chi connectivity index (χ1) is 9.79. The number of aromatic nitrogens is 2. The first-order valence-electron chi connectivity index (χ1n) is 7.17. The number of fused-ring (bicyclic) bond motifs is 1. The second-order valence-electron chi connectivity index (χ2n) is 6.11. The van der Waals surface area contributed by atoms with E-state index >= 15 is 0 Å². The number of hydrogen-bond acceptors (Lipinski definition) is 4. The molecule has 116 valence electrons. The van der Waals surface area contributed by atoms with Crippen molar-refractivity contribution in [3.8, 4) is 0 Å².